The maximum Gasteiger partial charge on any atom is 0.336 e. The first-order valence-electron chi connectivity index (χ1n) is 5.84. The van der Waals surface area contributed by atoms with Gasteiger partial charge in [-0.05, 0) is 11.6 Å². The number of anilines is 1. The number of halogens is 2. The van der Waals surface area contributed by atoms with Crippen LogP contribution in [0.2, 0.25) is 0 Å². The van der Waals surface area contributed by atoms with Crippen molar-refractivity contribution in [2.24, 2.45) is 0 Å². The summed E-state index contributed by atoms with van der Waals surface area (Å²) < 4.78 is 13.6. The van der Waals surface area contributed by atoms with Crippen LogP contribution in [0.3, 0.4) is 0 Å². The summed E-state index contributed by atoms with van der Waals surface area (Å²) in [6.45, 7) is 0.125. The van der Waals surface area contributed by atoms with Gasteiger partial charge in [0.2, 0.25) is 0 Å². The summed E-state index contributed by atoms with van der Waals surface area (Å²) in [6.07, 6.45) is 3.27. The van der Waals surface area contributed by atoms with Crippen molar-refractivity contribution < 1.29 is 14.3 Å². The highest BCUT2D eigenvalue weighted by Gasteiger charge is 2.08. The third-order valence-corrected chi connectivity index (χ3v) is 2.68. The van der Waals surface area contributed by atoms with Gasteiger partial charge in [-0.1, -0.05) is 18.2 Å². The fraction of sp³-hybridized carbons (Fsp3) is 0.231. The summed E-state index contributed by atoms with van der Waals surface area (Å²) in [5.74, 6) is -0.953. The summed E-state index contributed by atoms with van der Waals surface area (Å²) >= 11 is 0. The van der Waals surface area contributed by atoms with Gasteiger partial charge in [0.15, 0.2) is 0 Å². The minimum absolute atomic E-state index is 0. The van der Waals surface area contributed by atoms with Gasteiger partial charge in [0.05, 0.1) is 24.0 Å². The molecule has 0 radical (unpaired) electrons. The van der Waals surface area contributed by atoms with Crippen LogP contribution in [-0.2, 0) is 13.1 Å². The molecule has 0 fully saturated rings. The second-order valence-corrected chi connectivity index (χ2v) is 4.00. The second kappa shape index (κ2) is 7.49. The van der Waals surface area contributed by atoms with Crippen LogP contribution in [0.1, 0.15) is 15.9 Å². The number of carboxylic acid groups (broad SMARTS) is 1. The van der Waals surface area contributed by atoms with E-state index < -0.39 is 12.6 Å². The number of alkyl halides is 1. The fourth-order valence-electron chi connectivity index (χ4n) is 1.74. The Balaban J connectivity index is 0.00000200. The maximum atomic E-state index is 12.1. The first kappa shape index (κ1) is 16.0. The summed E-state index contributed by atoms with van der Waals surface area (Å²) in [5.41, 5.74) is 1.69. The van der Waals surface area contributed by atoms with Crippen molar-refractivity contribution in [3.05, 3.63) is 47.8 Å². The number of aromatic nitrogens is 2. The monoisotopic (exact) mass is 299 g/mol. The molecule has 1 heterocycles. The fourth-order valence-corrected chi connectivity index (χ4v) is 1.74. The molecule has 1 aromatic heterocycles. The van der Waals surface area contributed by atoms with Crippen molar-refractivity contribution in [2.75, 3.05) is 12.0 Å². The average molecular weight is 300 g/mol. The van der Waals surface area contributed by atoms with E-state index in [0.717, 1.165) is 5.69 Å². The van der Waals surface area contributed by atoms with Crippen molar-refractivity contribution >= 4 is 24.1 Å². The topological polar surface area (TPSA) is 67.2 Å². The van der Waals surface area contributed by atoms with Crippen molar-refractivity contribution in [1.29, 1.82) is 0 Å². The zero-order valence-corrected chi connectivity index (χ0v) is 11.4. The van der Waals surface area contributed by atoms with Crippen molar-refractivity contribution in [3.63, 3.8) is 0 Å². The van der Waals surface area contributed by atoms with Crippen molar-refractivity contribution in [1.82, 2.24) is 9.78 Å². The zero-order chi connectivity index (χ0) is 13.7. The number of aromatic carboxylic acids is 1. The molecule has 0 bridgehead atoms. The maximum absolute atomic E-state index is 12.1. The van der Waals surface area contributed by atoms with Crippen LogP contribution < -0.4 is 5.32 Å². The smallest absolute Gasteiger partial charge is 0.336 e. The highest BCUT2D eigenvalue weighted by atomic mass is 35.5. The second-order valence-electron chi connectivity index (χ2n) is 4.00. The Morgan fingerprint density at radius 3 is 2.85 bits per heavy atom. The van der Waals surface area contributed by atoms with Gasteiger partial charge in [0.1, 0.15) is 6.67 Å². The van der Waals surface area contributed by atoms with E-state index in [1.807, 2.05) is 0 Å². The lowest BCUT2D eigenvalue weighted by Crippen LogP contribution is -2.06. The van der Waals surface area contributed by atoms with E-state index >= 15 is 0 Å². The number of rotatable bonds is 6. The molecule has 2 rings (SSSR count). The molecule has 0 atom stereocenters. The van der Waals surface area contributed by atoms with Gasteiger partial charge in [0.25, 0.3) is 0 Å². The van der Waals surface area contributed by atoms with Crippen molar-refractivity contribution in [3.8, 4) is 0 Å². The minimum Gasteiger partial charge on any atom is -0.478 e. The molecular formula is C13H15ClFN3O2. The lowest BCUT2D eigenvalue weighted by atomic mass is 10.1. The average Bonchev–Trinajstić information content (AvgIpc) is 2.85. The Hall–Kier alpha value is -2.08. The molecule has 0 amide bonds. The molecular weight excluding hydrogens is 285 g/mol. The summed E-state index contributed by atoms with van der Waals surface area (Å²) in [7, 11) is 0. The zero-order valence-electron chi connectivity index (χ0n) is 10.6. The van der Waals surface area contributed by atoms with Crippen LogP contribution in [-0.4, -0.2) is 27.5 Å². The Labute approximate surface area is 121 Å². The van der Waals surface area contributed by atoms with Crippen molar-refractivity contribution in [2.45, 2.75) is 13.1 Å². The van der Waals surface area contributed by atoms with Crippen LogP contribution in [0.15, 0.2) is 36.7 Å². The number of benzene rings is 1. The Bertz CT molecular complexity index is 574. The van der Waals surface area contributed by atoms with Gasteiger partial charge in [-0.25, -0.2) is 9.18 Å². The standard InChI is InChI=1S/C13H14FN3O2.ClH/c14-5-6-17-9-11(8-16-17)15-7-10-3-1-2-4-12(10)13(18)19;/h1-4,8-9,15H,5-7H2,(H,18,19);1H. The van der Waals surface area contributed by atoms with Gasteiger partial charge in [-0.3, -0.25) is 4.68 Å². The third kappa shape index (κ3) is 3.96. The molecule has 0 saturated carbocycles. The molecule has 0 saturated heterocycles. The van der Waals surface area contributed by atoms with Gasteiger partial charge in [-0.15, -0.1) is 12.4 Å². The van der Waals surface area contributed by atoms with Gasteiger partial charge >= 0.3 is 5.97 Å². The number of hydrogen-bond acceptors (Lipinski definition) is 3. The third-order valence-electron chi connectivity index (χ3n) is 2.68. The first-order chi connectivity index (χ1) is 9.20. The molecule has 0 aliphatic carbocycles. The van der Waals surface area contributed by atoms with Gasteiger partial charge in [-0.2, -0.15) is 5.10 Å². The van der Waals surface area contributed by atoms with Crippen LogP contribution in [0, 0.1) is 0 Å². The van der Waals surface area contributed by atoms with Crippen LogP contribution in [0.25, 0.3) is 0 Å². The highest BCUT2D eigenvalue weighted by Crippen LogP contribution is 2.12. The Morgan fingerprint density at radius 1 is 1.40 bits per heavy atom. The first-order valence-corrected chi connectivity index (χ1v) is 5.84. The van der Waals surface area contributed by atoms with Crippen LogP contribution in [0.4, 0.5) is 10.1 Å². The number of carboxylic acids is 1. The van der Waals surface area contributed by atoms with E-state index in [2.05, 4.69) is 10.4 Å². The Kier molecular flexibility index (Phi) is 5.99. The van der Waals surface area contributed by atoms with E-state index in [4.69, 9.17) is 5.11 Å². The molecule has 0 unspecified atom stereocenters. The van der Waals surface area contributed by atoms with E-state index in [0.29, 0.717) is 12.1 Å². The molecule has 2 aromatic rings. The quantitative estimate of drug-likeness (QED) is 0.860. The SMILES string of the molecule is Cl.O=C(O)c1ccccc1CNc1cnn(CCF)c1. The van der Waals surface area contributed by atoms with Gasteiger partial charge in [0, 0.05) is 12.7 Å². The summed E-state index contributed by atoms with van der Waals surface area (Å²) in [6, 6.07) is 6.79. The van der Waals surface area contributed by atoms with E-state index in [1.165, 1.54) is 4.68 Å². The molecule has 0 aliphatic rings. The predicted octanol–water partition coefficient (Wildman–Crippen LogP) is 2.58. The Morgan fingerprint density at radius 2 is 2.15 bits per heavy atom. The molecule has 0 aliphatic heterocycles. The molecule has 2 N–H and O–H groups in total. The number of nitrogens with one attached hydrogen (secondary N) is 1. The highest BCUT2D eigenvalue weighted by molar-refractivity contribution is 5.89. The molecule has 0 spiro atoms. The normalized spacial score (nSPS) is 9.85. The number of carbonyl (C=O) groups is 1. The van der Waals surface area contributed by atoms with E-state index in [-0.39, 0.29) is 24.5 Å². The van der Waals surface area contributed by atoms with E-state index in [1.54, 1.807) is 36.7 Å². The molecule has 108 valence electrons. The summed E-state index contributed by atoms with van der Waals surface area (Å²) in [5, 5.41) is 16.1. The van der Waals surface area contributed by atoms with Gasteiger partial charge < -0.3 is 10.4 Å². The lowest BCUT2D eigenvalue weighted by Gasteiger charge is -2.06. The summed E-state index contributed by atoms with van der Waals surface area (Å²) in [4.78, 5) is 11.0. The van der Waals surface area contributed by atoms with Crippen LogP contribution in [0.5, 0.6) is 0 Å². The predicted molar refractivity (Wildman–Crippen MR) is 76.2 cm³/mol. The van der Waals surface area contributed by atoms with Crippen LogP contribution >= 0.6 is 12.4 Å². The number of hydrogen-bond donors (Lipinski definition) is 2. The molecule has 20 heavy (non-hydrogen) atoms. The molecule has 1 aromatic carbocycles. The molecule has 7 heteroatoms. The molecule has 5 nitrogen and oxygen atoms in total. The van der Waals surface area contributed by atoms with E-state index in [9.17, 15) is 9.18 Å². The minimum atomic E-state index is -0.953. The number of nitrogens with zero attached hydrogens (tertiary/aromatic N) is 2. The number of aryl methyl sites for hydroxylation is 1. The lowest BCUT2D eigenvalue weighted by molar-refractivity contribution is 0.0696. The largest absolute Gasteiger partial charge is 0.478 e.